The number of hydrogen-bond donors (Lipinski definition) is 2. The molecule has 1 aliphatic rings. The van der Waals surface area contributed by atoms with Gasteiger partial charge < -0.3 is 10.6 Å². The zero-order valence-corrected chi connectivity index (χ0v) is 10.9. The second-order valence-corrected chi connectivity index (χ2v) is 4.79. The number of nitrogens with zero attached hydrogens (tertiary/aromatic N) is 1. The molecule has 0 aromatic heterocycles. The van der Waals surface area contributed by atoms with E-state index in [1.165, 1.54) is 12.8 Å². The molecule has 4 nitrogen and oxygen atoms in total. The highest BCUT2D eigenvalue weighted by Gasteiger charge is 2.33. The molecule has 94 valence electrons. The molecule has 3 atom stereocenters. The normalized spacial score (nSPS) is 28.0. The van der Waals surface area contributed by atoms with Crippen molar-refractivity contribution in [2.75, 3.05) is 20.1 Å². The molecule has 0 spiro atoms. The molecule has 0 radical (unpaired) electrons. The number of hydrogen-bond acceptors (Lipinski definition) is 3. The van der Waals surface area contributed by atoms with E-state index in [1.54, 1.807) is 0 Å². The molecule has 3 unspecified atom stereocenters. The highest BCUT2D eigenvalue weighted by Crippen LogP contribution is 2.25. The summed E-state index contributed by atoms with van der Waals surface area (Å²) in [7, 11) is 1.89. The maximum absolute atomic E-state index is 11.9. The van der Waals surface area contributed by atoms with Crippen molar-refractivity contribution in [3.63, 3.8) is 0 Å². The molecular formula is C12H25N3O. The van der Waals surface area contributed by atoms with E-state index in [1.807, 2.05) is 14.0 Å². The van der Waals surface area contributed by atoms with Crippen LogP contribution in [0.15, 0.2) is 0 Å². The molecule has 1 aliphatic heterocycles. The summed E-state index contributed by atoms with van der Waals surface area (Å²) >= 11 is 0. The van der Waals surface area contributed by atoms with Crippen LogP contribution in [-0.2, 0) is 4.79 Å². The average Bonchev–Trinajstić information content (AvgIpc) is 2.58. The predicted molar refractivity (Wildman–Crippen MR) is 66.4 cm³/mol. The maximum atomic E-state index is 11.9. The van der Waals surface area contributed by atoms with E-state index in [4.69, 9.17) is 0 Å². The predicted octanol–water partition coefficient (Wildman–Crippen LogP) is 0.583. The van der Waals surface area contributed by atoms with E-state index in [2.05, 4.69) is 29.4 Å². The Morgan fingerprint density at radius 1 is 1.31 bits per heavy atom. The minimum atomic E-state index is -0.00986. The fourth-order valence-electron chi connectivity index (χ4n) is 2.57. The van der Waals surface area contributed by atoms with Gasteiger partial charge in [-0.3, -0.25) is 9.69 Å². The summed E-state index contributed by atoms with van der Waals surface area (Å²) in [5, 5.41) is 5.98. The summed E-state index contributed by atoms with van der Waals surface area (Å²) in [6, 6.07) is 1.05. The molecule has 0 bridgehead atoms. The standard InChI is InChI=1S/C12H25N3O/c1-9-5-6-10(2)15(9)11(3)12(16)14-8-7-13-4/h9-11,13H,5-8H2,1-4H3,(H,14,16). The van der Waals surface area contributed by atoms with E-state index < -0.39 is 0 Å². The smallest absolute Gasteiger partial charge is 0.237 e. The van der Waals surface area contributed by atoms with Crippen LogP contribution in [0.1, 0.15) is 33.6 Å². The number of rotatable bonds is 5. The minimum Gasteiger partial charge on any atom is -0.353 e. The van der Waals surface area contributed by atoms with Gasteiger partial charge in [-0.2, -0.15) is 0 Å². The van der Waals surface area contributed by atoms with Crippen LogP contribution >= 0.6 is 0 Å². The van der Waals surface area contributed by atoms with Crippen molar-refractivity contribution in [2.24, 2.45) is 0 Å². The number of likely N-dealkylation sites (tertiary alicyclic amines) is 1. The van der Waals surface area contributed by atoms with Gasteiger partial charge in [0.25, 0.3) is 0 Å². The van der Waals surface area contributed by atoms with Gasteiger partial charge in [0.15, 0.2) is 0 Å². The van der Waals surface area contributed by atoms with Gasteiger partial charge in [0, 0.05) is 25.2 Å². The monoisotopic (exact) mass is 227 g/mol. The summed E-state index contributed by atoms with van der Waals surface area (Å²) < 4.78 is 0. The van der Waals surface area contributed by atoms with E-state index >= 15 is 0 Å². The van der Waals surface area contributed by atoms with Gasteiger partial charge in [-0.05, 0) is 40.7 Å². The SMILES string of the molecule is CNCCNC(=O)C(C)N1C(C)CCC1C. The lowest BCUT2D eigenvalue weighted by atomic mass is 10.2. The minimum absolute atomic E-state index is 0.00986. The summed E-state index contributed by atoms with van der Waals surface area (Å²) in [6.45, 7) is 7.95. The van der Waals surface area contributed by atoms with Crippen LogP contribution in [0.25, 0.3) is 0 Å². The Morgan fingerprint density at radius 2 is 1.88 bits per heavy atom. The first-order valence-corrected chi connectivity index (χ1v) is 6.27. The summed E-state index contributed by atoms with van der Waals surface area (Å²) in [4.78, 5) is 14.2. The molecule has 1 heterocycles. The Bertz CT molecular complexity index is 222. The molecular weight excluding hydrogens is 202 g/mol. The largest absolute Gasteiger partial charge is 0.353 e. The lowest BCUT2D eigenvalue weighted by molar-refractivity contribution is -0.126. The van der Waals surface area contributed by atoms with Crippen LogP contribution in [0.2, 0.25) is 0 Å². The maximum Gasteiger partial charge on any atom is 0.237 e. The van der Waals surface area contributed by atoms with E-state index in [0.29, 0.717) is 18.6 Å². The van der Waals surface area contributed by atoms with Gasteiger partial charge in [-0.25, -0.2) is 0 Å². The summed E-state index contributed by atoms with van der Waals surface area (Å²) in [5.41, 5.74) is 0. The lowest BCUT2D eigenvalue weighted by Crippen LogP contribution is -2.49. The quantitative estimate of drug-likeness (QED) is 0.675. The molecule has 0 aliphatic carbocycles. The van der Waals surface area contributed by atoms with Crippen LogP contribution in [0, 0.1) is 0 Å². The van der Waals surface area contributed by atoms with E-state index in [0.717, 1.165) is 6.54 Å². The Labute approximate surface area is 98.8 Å². The third kappa shape index (κ3) is 3.19. The second-order valence-electron chi connectivity index (χ2n) is 4.79. The van der Waals surface area contributed by atoms with Gasteiger partial charge >= 0.3 is 0 Å². The number of amides is 1. The molecule has 1 saturated heterocycles. The summed E-state index contributed by atoms with van der Waals surface area (Å²) in [5.74, 6) is 0.149. The van der Waals surface area contributed by atoms with Gasteiger partial charge in [0.1, 0.15) is 0 Å². The Hall–Kier alpha value is -0.610. The summed E-state index contributed by atoms with van der Waals surface area (Å²) in [6.07, 6.45) is 2.41. The van der Waals surface area contributed by atoms with Crippen molar-refractivity contribution in [1.82, 2.24) is 15.5 Å². The van der Waals surface area contributed by atoms with Crippen molar-refractivity contribution in [2.45, 2.75) is 51.7 Å². The highest BCUT2D eigenvalue weighted by molar-refractivity contribution is 5.81. The van der Waals surface area contributed by atoms with Gasteiger partial charge in [0.05, 0.1) is 6.04 Å². The van der Waals surface area contributed by atoms with Gasteiger partial charge in [-0.15, -0.1) is 0 Å². The number of carbonyl (C=O) groups excluding carboxylic acids is 1. The molecule has 0 aromatic rings. The Kier molecular flexibility index (Phi) is 5.22. The van der Waals surface area contributed by atoms with Crippen molar-refractivity contribution in [1.29, 1.82) is 0 Å². The van der Waals surface area contributed by atoms with Crippen molar-refractivity contribution < 1.29 is 4.79 Å². The molecule has 4 heteroatoms. The van der Waals surface area contributed by atoms with Crippen LogP contribution in [-0.4, -0.2) is 49.1 Å². The Balaban J connectivity index is 2.43. The third-order valence-corrected chi connectivity index (χ3v) is 3.52. The molecule has 1 amide bonds. The van der Waals surface area contributed by atoms with Crippen LogP contribution in [0.3, 0.4) is 0 Å². The van der Waals surface area contributed by atoms with Gasteiger partial charge in [0.2, 0.25) is 5.91 Å². The first-order chi connectivity index (χ1) is 7.57. The van der Waals surface area contributed by atoms with Crippen LogP contribution in [0.4, 0.5) is 0 Å². The lowest BCUT2D eigenvalue weighted by Gasteiger charge is -2.31. The second kappa shape index (κ2) is 6.21. The highest BCUT2D eigenvalue weighted by atomic mass is 16.2. The van der Waals surface area contributed by atoms with E-state index in [-0.39, 0.29) is 11.9 Å². The topological polar surface area (TPSA) is 44.4 Å². The fourth-order valence-corrected chi connectivity index (χ4v) is 2.57. The zero-order valence-electron chi connectivity index (χ0n) is 10.9. The first-order valence-electron chi connectivity index (χ1n) is 6.27. The average molecular weight is 227 g/mol. The van der Waals surface area contributed by atoms with Crippen molar-refractivity contribution >= 4 is 5.91 Å². The van der Waals surface area contributed by atoms with Gasteiger partial charge in [-0.1, -0.05) is 0 Å². The molecule has 0 aromatic carbocycles. The van der Waals surface area contributed by atoms with Crippen LogP contribution in [0.5, 0.6) is 0 Å². The number of carbonyl (C=O) groups is 1. The molecule has 16 heavy (non-hydrogen) atoms. The Morgan fingerprint density at radius 3 is 2.38 bits per heavy atom. The third-order valence-electron chi connectivity index (χ3n) is 3.52. The number of likely N-dealkylation sites (N-methyl/N-ethyl adjacent to an activating group) is 1. The van der Waals surface area contributed by atoms with Crippen molar-refractivity contribution in [3.8, 4) is 0 Å². The zero-order chi connectivity index (χ0) is 12.1. The van der Waals surface area contributed by atoms with Crippen molar-refractivity contribution in [3.05, 3.63) is 0 Å². The molecule has 0 saturated carbocycles. The number of nitrogens with one attached hydrogen (secondary N) is 2. The molecule has 1 rings (SSSR count). The van der Waals surface area contributed by atoms with E-state index in [9.17, 15) is 4.79 Å². The fraction of sp³-hybridized carbons (Fsp3) is 0.917. The van der Waals surface area contributed by atoms with Crippen LogP contribution < -0.4 is 10.6 Å². The molecule has 1 fully saturated rings. The molecule has 2 N–H and O–H groups in total. The first kappa shape index (κ1) is 13.5.